The first kappa shape index (κ1) is 18.6. The minimum atomic E-state index is -0.108. The second kappa shape index (κ2) is 6.81. The molecule has 1 amide bonds. The molecule has 150 valence electrons. The summed E-state index contributed by atoms with van der Waals surface area (Å²) < 4.78 is 5.78. The van der Waals surface area contributed by atoms with Crippen molar-refractivity contribution in [3.05, 3.63) is 47.5 Å². The molecule has 3 aromatic rings. The van der Waals surface area contributed by atoms with Gasteiger partial charge in [-0.2, -0.15) is 0 Å². The highest BCUT2D eigenvalue weighted by atomic mass is 31.0. The van der Waals surface area contributed by atoms with Crippen LogP contribution in [0.5, 0.6) is 0 Å². The molecule has 6 nitrogen and oxygen atoms in total. The average molecular weight is 408 g/mol. The highest BCUT2D eigenvalue weighted by Crippen LogP contribution is 2.41. The standard InChI is InChI=1S/C22H25N4O2P/c1-12-17(18-19(26-22(2)7-8-22)23-11-24-21(18)28-12)20(27)25-15-9-14(10-15)13-3-5-16(29)6-4-13/h3-6,11,14-15H,7-10,29H2,1-2H3,(H,25,27)(H,23,24,26). The highest BCUT2D eigenvalue weighted by Gasteiger charge is 2.39. The molecule has 1 unspecified atom stereocenters. The number of anilines is 1. The number of carbonyl (C=O) groups is 1. The Kier molecular flexibility index (Phi) is 4.36. The number of rotatable bonds is 5. The number of carbonyl (C=O) groups excluding carboxylic acids is 1. The van der Waals surface area contributed by atoms with Crippen LogP contribution >= 0.6 is 9.24 Å². The quantitative estimate of drug-likeness (QED) is 0.630. The van der Waals surface area contributed by atoms with Crippen molar-refractivity contribution in [3.8, 4) is 0 Å². The van der Waals surface area contributed by atoms with E-state index in [1.807, 2.05) is 6.92 Å². The molecule has 0 bridgehead atoms. The number of nitrogens with one attached hydrogen (secondary N) is 2. The van der Waals surface area contributed by atoms with Crippen LogP contribution < -0.4 is 15.9 Å². The Hall–Kier alpha value is -2.46. The Morgan fingerprint density at radius 2 is 1.93 bits per heavy atom. The Morgan fingerprint density at radius 3 is 2.62 bits per heavy atom. The molecule has 29 heavy (non-hydrogen) atoms. The monoisotopic (exact) mass is 408 g/mol. The summed E-state index contributed by atoms with van der Waals surface area (Å²) in [4.78, 5) is 21.7. The molecule has 5 rings (SSSR count). The number of aryl methyl sites for hydroxylation is 1. The minimum Gasteiger partial charge on any atom is -0.442 e. The molecule has 1 atom stereocenters. The summed E-state index contributed by atoms with van der Waals surface area (Å²) in [7, 11) is 2.71. The Bertz CT molecular complexity index is 1080. The Labute approximate surface area is 172 Å². The molecule has 2 saturated carbocycles. The summed E-state index contributed by atoms with van der Waals surface area (Å²) in [5.41, 5.74) is 2.39. The van der Waals surface area contributed by atoms with E-state index >= 15 is 0 Å². The van der Waals surface area contributed by atoms with E-state index in [-0.39, 0.29) is 17.5 Å². The SMILES string of the molecule is Cc1oc2ncnc(NC3(C)CC3)c2c1C(=O)NC1CC(c2ccc(P)cc2)C1. The van der Waals surface area contributed by atoms with Crippen molar-refractivity contribution < 1.29 is 9.21 Å². The van der Waals surface area contributed by atoms with Crippen LogP contribution in [-0.2, 0) is 0 Å². The fraction of sp³-hybridized carbons (Fsp3) is 0.409. The van der Waals surface area contributed by atoms with Gasteiger partial charge in [-0.3, -0.25) is 4.79 Å². The topological polar surface area (TPSA) is 80.1 Å². The van der Waals surface area contributed by atoms with Gasteiger partial charge in [0.1, 0.15) is 17.9 Å². The molecule has 2 heterocycles. The number of benzene rings is 1. The molecule has 0 saturated heterocycles. The Balaban J connectivity index is 1.34. The van der Waals surface area contributed by atoms with E-state index in [2.05, 4.69) is 61.0 Å². The zero-order chi connectivity index (χ0) is 20.2. The number of hydrogen-bond acceptors (Lipinski definition) is 5. The largest absolute Gasteiger partial charge is 0.442 e. The lowest BCUT2D eigenvalue weighted by molar-refractivity contribution is 0.0909. The predicted molar refractivity (Wildman–Crippen MR) is 117 cm³/mol. The molecule has 2 N–H and O–H groups in total. The van der Waals surface area contributed by atoms with Crippen molar-refractivity contribution >= 4 is 37.4 Å². The van der Waals surface area contributed by atoms with E-state index in [1.165, 1.54) is 17.2 Å². The van der Waals surface area contributed by atoms with Crippen LogP contribution in [0.3, 0.4) is 0 Å². The zero-order valence-corrected chi connectivity index (χ0v) is 17.8. The summed E-state index contributed by atoms with van der Waals surface area (Å²) in [6, 6.07) is 8.75. The van der Waals surface area contributed by atoms with E-state index in [0.717, 1.165) is 25.7 Å². The third-order valence-electron chi connectivity index (χ3n) is 6.19. The van der Waals surface area contributed by atoms with Crippen LogP contribution in [0.4, 0.5) is 5.82 Å². The average Bonchev–Trinajstić information content (AvgIpc) is 3.27. The lowest BCUT2D eigenvalue weighted by Gasteiger charge is -2.36. The maximum atomic E-state index is 13.1. The number of nitrogens with zero attached hydrogens (tertiary/aromatic N) is 2. The van der Waals surface area contributed by atoms with Gasteiger partial charge in [0, 0.05) is 11.6 Å². The van der Waals surface area contributed by atoms with E-state index < -0.39 is 0 Å². The third kappa shape index (κ3) is 3.51. The van der Waals surface area contributed by atoms with E-state index in [4.69, 9.17) is 4.42 Å². The van der Waals surface area contributed by atoms with Gasteiger partial charge in [0.2, 0.25) is 5.71 Å². The van der Waals surface area contributed by atoms with Gasteiger partial charge in [-0.05, 0) is 56.3 Å². The molecule has 2 fully saturated rings. The van der Waals surface area contributed by atoms with Crippen LogP contribution in [0.15, 0.2) is 35.0 Å². The summed E-state index contributed by atoms with van der Waals surface area (Å²) >= 11 is 0. The molecule has 7 heteroatoms. The van der Waals surface area contributed by atoms with Crippen LogP contribution in [0.25, 0.3) is 11.1 Å². The molecule has 0 aliphatic heterocycles. The number of hydrogen-bond donors (Lipinski definition) is 2. The van der Waals surface area contributed by atoms with Crippen molar-refractivity contribution in [1.29, 1.82) is 0 Å². The molecule has 0 spiro atoms. The normalized spacial score (nSPS) is 22.2. The van der Waals surface area contributed by atoms with Gasteiger partial charge in [0.15, 0.2) is 0 Å². The lowest BCUT2D eigenvalue weighted by atomic mass is 9.76. The first-order valence-electron chi connectivity index (χ1n) is 10.1. The third-order valence-corrected chi connectivity index (χ3v) is 6.58. The van der Waals surface area contributed by atoms with Gasteiger partial charge in [-0.1, -0.05) is 24.3 Å². The molecular formula is C22H25N4O2P. The van der Waals surface area contributed by atoms with Gasteiger partial charge in [-0.25, -0.2) is 9.97 Å². The van der Waals surface area contributed by atoms with E-state index in [0.29, 0.717) is 34.2 Å². The van der Waals surface area contributed by atoms with E-state index in [9.17, 15) is 4.79 Å². The van der Waals surface area contributed by atoms with Gasteiger partial charge in [-0.15, -0.1) is 9.24 Å². The zero-order valence-electron chi connectivity index (χ0n) is 16.7. The fourth-order valence-corrected chi connectivity index (χ4v) is 4.24. The summed E-state index contributed by atoms with van der Waals surface area (Å²) in [5, 5.41) is 8.52. The molecule has 1 aromatic carbocycles. The summed E-state index contributed by atoms with van der Waals surface area (Å²) in [6.07, 6.45) is 5.58. The first-order valence-corrected chi connectivity index (χ1v) is 10.7. The van der Waals surface area contributed by atoms with Crippen LogP contribution in [0.2, 0.25) is 0 Å². The highest BCUT2D eigenvalue weighted by molar-refractivity contribution is 7.27. The number of furan rings is 1. The van der Waals surface area contributed by atoms with Crippen molar-refractivity contribution in [2.24, 2.45) is 0 Å². The first-order chi connectivity index (χ1) is 13.9. The fourth-order valence-electron chi connectivity index (χ4n) is 4.04. The van der Waals surface area contributed by atoms with Crippen LogP contribution in [0, 0.1) is 6.92 Å². The maximum absolute atomic E-state index is 13.1. The second-order valence-corrected chi connectivity index (χ2v) is 9.29. The van der Waals surface area contributed by atoms with Gasteiger partial charge in [0.25, 0.3) is 5.91 Å². The van der Waals surface area contributed by atoms with E-state index in [1.54, 1.807) is 0 Å². The number of aromatic nitrogens is 2. The number of amides is 1. The molecular weight excluding hydrogens is 383 g/mol. The maximum Gasteiger partial charge on any atom is 0.255 e. The predicted octanol–water partition coefficient (Wildman–Crippen LogP) is 3.67. The second-order valence-electron chi connectivity index (χ2n) is 8.63. The smallest absolute Gasteiger partial charge is 0.255 e. The van der Waals surface area contributed by atoms with Crippen LogP contribution in [-0.4, -0.2) is 27.5 Å². The number of fused-ring (bicyclic) bond motifs is 1. The molecule has 2 aliphatic rings. The molecule has 0 radical (unpaired) electrons. The Morgan fingerprint density at radius 1 is 1.21 bits per heavy atom. The lowest BCUT2D eigenvalue weighted by Crippen LogP contribution is -2.43. The van der Waals surface area contributed by atoms with Gasteiger partial charge in [0.05, 0.1) is 10.9 Å². The molecule has 2 aromatic heterocycles. The van der Waals surface area contributed by atoms with Gasteiger partial charge >= 0.3 is 0 Å². The summed E-state index contributed by atoms with van der Waals surface area (Å²) in [5.74, 6) is 1.65. The van der Waals surface area contributed by atoms with Crippen LogP contribution in [0.1, 0.15) is 60.2 Å². The molecule has 2 aliphatic carbocycles. The van der Waals surface area contributed by atoms with Crippen molar-refractivity contribution in [1.82, 2.24) is 15.3 Å². The van der Waals surface area contributed by atoms with Crippen molar-refractivity contribution in [3.63, 3.8) is 0 Å². The summed E-state index contributed by atoms with van der Waals surface area (Å²) in [6.45, 7) is 3.97. The minimum absolute atomic E-state index is 0.0495. The van der Waals surface area contributed by atoms with Crippen molar-refractivity contribution in [2.75, 3.05) is 5.32 Å². The van der Waals surface area contributed by atoms with Crippen molar-refractivity contribution in [2.45, 2.75) is 57.0 Å². The van der Waals surface area contributed by atoms with Gasteiger partial charge < -0.3 is 15.1 Å².